The number of rotatable bonds is 8. The molecular formula is C25H28N2OS. The lowest BCUT2D eigenvalue weighted by atomic mass is 10.1. The predicted molar refractivity (Wildman–Crippen MR) is 127 cm³/mol. The van der Waals surface area contributed by atoms with Gasteiger partial charge in [-0.25, -0.2) is 0 Å². The fourth-order valence-electron chi connectivity index (χ4n) is 2.88. The number of thiocarbonyl (C=S) groups is 1. The van der Waals surface area contributed by atoms with Crippen molar-refractivity contribution in [3.05, 3.63) is 90.0 Å². The summed E-state index contributed by atoms with van der Waals surface area (Å²) in [6.45, 7) is 5.13. The van der Waals surface area contributed by atoms with Crippen LogP contribution in [0.1, 0.15) is 31.4 Å². The van der Waals surface area contributed by atoms with Gasteiger partial charge in [0.05, 0.1) is 6.61 Å². The molecule has 0 aliphatic carbocycles. The molecule has 0 heterocycles. The SMILES string of the molecule is CC(C)CCOc1ccc(NC(=S)Nc2ccc(Cc3ccccc3)cc2)cc1. The van der Waals surface area contributed by atoms with Crippen LogP contribution in [0.2, 0.25) is 0 Å². The summed E-state index contributed by atoms with van der Waals surface area (Å²) in [7, 11) is 0. The maximum absolute atomic E-state index is 5.75. The molecule has 0 saturated heterocycles. The van der Waals surface area contributed by atoms with Crippen molar-refractivity contribution >= 4 is 28.7 Å². The zero-order chi connectivity index (χ0) is 20.5. The average molecular weight is 405 g/mol. The molecule has 0 atom stereocenters. The summed E-state index contributed by atoms with van der Waals surface area (Å²) in [5.41, 5.74) is 4.48. The highest BCUT2D eigenvalue weighted by atomic mass is 32.1. The van der Waals surface area contributed by atoms with E-state index in [9.17, 15) is 0 Å². The van der Waals surface area contributed by atoms with Crippen molar-refractivity contribution in [1.29, 1.82) is 0 Å². The fourth-order valence-corrected chi connectivity index (χ4v) is 3.11. The van der Waals surface area contributed by atoms with Crippen molar-refractivity contribution in [2.75, 3.05) is 17.2 Å². The van der Waals surface area contributed by atoms with Crippen molar-refractivity contribution in [3.8, 4) is 5.75 Å². The van der Waals surface area contributed by atoms with Gasteiger partial charge < -0.3 is 15.4 Å². The van der Waals surface area contributed by atoms with Gasteiger partial charge in [0.25, 0.3) is 0 Å². The Hall–Kier alpha value is -2.85. The lowest BCUT2D eigenvalue weighted by molar-refractivity contribution is 0.289. The van der Waals surface area contributed by atoms with Gasteiger partial charge in [-0.2, -0.15) is 0 Å². The molecule has 0 saturated carbocycles. The van der Waals surface area contributed by atoms with Gasteiger partial charge in [-0.3, -0.25) is 0 Å². The minimum atomic E-state index is 0.564. The molecule has 0 unspecified atom stereocenters. The van der Waals surface area contributed by atoms with Gasteiger partial charge in [0.15, 0.2) is 5.11 Å². The van der Waals surface area contributed by atoms with Crippen molar-refractivity contribution in [3.63, 3.8) is 0 Å². The number of nitrogens with one attached hydrogen (secondary N) is 2. The third-order valence-electron chi connectivity index (χ3n) is 4.54. The molecule has 3 nitrogen and oxygen atoms in total. The van der Waals surface area contributed by atoms with E-state index in [1.165, 1.54) is 11.1 Å². The minimum absolute atomic E-state index is 0.564. The zero-order valence-electron chi connectivity index (χ0n) is 17.0. The number of anilines is 2. The maximum Gasteiger partial charge on any atom is 0.175 e. The molecule has 0 spiro atoms. The van der Waals surface area contributed by atoms with Crippen molar-refractivity contribution in [2.45, 2.75) is 26.7 Å². The highest BCUT2D eigenvalue weighted by molar-refractivity contribution is 7.80. The second kappa shape index (κ2) is 10.6. The molecular weight excluding hydrogens is 376 g/mol. The molecule has 0 bridgehead atoms. The third-order valence-corrected chi connectivity index (χ3v) is 4.74. The van der Waals surface area contributed by atoms with Crippen molar-refractivity contribution < 1.29 is 4.74 Å². The monoisotopic (exact) mass is 404 g/mol. The largest absolute Gasteiger partial charge is 0.494 e. The molecule has 29 heavy (non-hydrogen) atoms. The molecule has 0 amide bonds. The number of benzene rings is 3. The summed E-state index contributed by atoms with van der Waals surface area (Å²) < 4.78 is 5.75. The molecule has 2 N–H and O–H groups in total. The van der Waals surface area contributed by atoms with E-state index in [2.05, 4.69) is 73.0 Å². The maximum atomic E-state index is 5.75. The first-order valence-corrected chi connectivity index (χ1v) is 10.4. The smallest absolute Gasteiger partial charge is 0.175 e. The van der Waals surface area contributed by atoms with Crippen LogP contribution in [0.25, 0.3) is 0 Å². The van der Waals surface area contributed by atoms with Crippen LogP contribution in [0.4, 0.5) is 11.4 Å². The summed E-state index contributed by atoms with van der Waals surface area (Å²) in [6.07, 6.45) is 1.98. The van der Waals surface area contributed by atoms with Crippen LogP contribution in [0.15, 0.2) is 78.9 Å². The molecule has 3 aromatic carbocycles. The molecule has 0 aliphatic heterocycles. The van der Waals surface area contributed by atoms with E-state index in [-0.39, 0.29) is 0 Å². The van der Waals surface area contributed by atoms with Crippen LogP contribution >= 0.6 is 12.2 Å². The summed E-state index contributed by atoms with van der Waals surface area (Å²) in [6, 6.07) is 26.7. The summed E-state index contributed by atoms with van der Waals surface area (Å²) in [5, 5.41) is 7.01. The summed E-state index contributed by atoms with van der Waals surface area (Å²) in [5.74, 6) is 1.52. The molecule has 0 radical (unpaired) electrons. The molecule has 3 rings (SSSR count). The number of hydrogen-bond acceptors (Lipinski definition) is 2. The molecule has 0 aromatic heterocycles. The van der Waals surface area contributed by atoms with Crippen LogP contribution in [-0.2, 0) is 6.42 Å². The highest BCUT2D eigenvalue weighted by Crippen LogP contribution is 2.18. The van der Waals surface area contributed by atoms with Gasteiger partial charge >= 0.3 is 0 Å². The van der Waals surface area contributed by atoms with Gasteiger partial charge in [-0.05, 0) is 78.5 Å². The third kappa shape index (κ3) is 7.24. The van der Waals surface area contributed by atoms with Crippen molar-refractivity contribution in [2.24, 2.45) is 5.92 Å². The molecule has 0 fully saturated rings. The van der Waals surface area contributed by atoms with Crippen LogP contribution in [-0.4, -0.2) is 11.7 Å². The van der Waals surface area contributed by atoms with Crippen LogP contribution < -0.4 is 15.4 Å². The van der Waals surface area contributed by atoms with E-state index >= 15 is 0 Å². The molecule has 150 valence electrons. The van der Waals surface area contributed by atoms with Crippen LogP contribution in [0.3, 0.4) is 0 Å². The standard InChI is InChI=1S/C25H28N2OS/c1-19(2)16-17-28-24-14-12-23(13-15-24)27-25(29)26-22-10-8-21(9-11-22)18-20-6-4-3-5-7-20/h3-15,19H,16-18H2,1-2H3,(H2,26,27,29). The van der Waals surface area contributed by atoms with E-state index in [0.717, 1.165) is 36.6 Å². The Morgan fingerprint density at radius 1 is 0.793 bits per heavy atom. The lowest BCUT2D eigenvalue weighted by Gasteiger charge is -2.12. The van der Waals surface area contributed by atoms with Gasteiger partial charge in [0, 0.05) is 11.4 Å². The quantitative estimate of drug-likeness (QED) is 0.419. The highest BCUT2D eigenvalue weighted by Gasteiger charge is 2.02. The molecule has 4 heteroatoms. The van der Waals surface area contributed by atoms with E-state index in [4.69, 9.17) is 17.0 Å². The zero-order valence-corrected chi connectivity index (χ0v) is 17.8. The van der Waals surface area contributed by atoms with Crippen molar-refractivity contribution in [1.82, 2.24) is 0 Å². The van der Waals surface area contributed by atoms with Gasteiger partial charge in [-0.1, -0.05) is 56.3 Å². The molecule has 0 aliphatic rings. The van der Waals surface area contributed by atoms with Gasteiger partial charge in [-0.15, -0.1) is 0 Å². The van der Waals surface area contributed by atoms with Crippen LogP contribution in [0, 0.1) is 5.92 Å². The topological polar surface area (TPSA) is 33.3 Å². The first-order chi connectivity index (χ1) is 14.1. The summed E-state index contributed by atoms with van der Waals surface area (Å²) in [4.78, 5) is 0. The van der Waals surface area contributed by atoms with E-state index in [0.29, 0.717) is 11.0 Å². The normalized spacial score (nSPS) is 10.6. The minimum Gasteiger partial charge on any atom is -0.494 e. The first kappa shape index (κ1) is 20.9. The second-order valence-electron chi connectivity index (χ2n) is 7.49. The Morgan fingerprint density at radius 2 is 1.34 bits per heavy atom. The predicted octanol–water partition coefficient (Wildman–Crippen LogP) is 6.51. The Labute approximate surface area is 179 Å². The lowest BCUT2D eigenvalue weighted by Crippen LogP contribution is -2.18. The Kier molecular flexibility index (Phi) is 7.65. The number of ether oxygens (including phenoxy) is 1. The van der Waals surface area contributed by atoms with E-state index in [1.54, 1.807) is 0 Å². The first-order valence-electron chi connectivity index (χ1n) is 10.0. The second-order valence-corrected chi connectivity index (χ2v) is 7.90. The molecule has 3 aromatic rings. The average Bonchev–Trinajstić information content (AvgIpc) is 2.71. The number of hydrogen-bond donors (Lipinski definition) is 2. The Balaban J connectivity index is 1.47. The van der Waals surface area contributed by atoms with Gasteiger partial charge in [0.2, 0.25) is 0 Å². The van der Waals surface area contributed by atoms with Gasteiger partial charge in [0.1, 0.15) is 5.75 Å². The Bertz CT molecular complexity index is 890. The van der Waals surface area contributed by atoms with E-state index < -0.39 is 0 Å². The fraction of sp³-hybridized carbons (Fsp3) is 0.240. The Morgan fingerprint density at radius 3 is 1.93 bits per heavy atom. The summed E-state index contributed by atoms with van der Waals surface area (Å²) >= 11 is 5.43. The van der Waals surface area contributed by atoms with E-state index in [1.807, 2.05) is 30.3 Å². The van der Waals surface area contributed by atoms with Crippen LogP contribution in [0.5, 0.6) is 5.75 Å².